The fraction of sp³-hybridized carbons (Fsp3) is 0.364. The number of hydrogen-bond acceptors (Lipinski definition) is 4. The number of anilines is 1. The molecule has 4 rings (SSSR count). The van der Waals surface area contributed by atoms with Crippen molar-refractivity contribution in [1.82, 2.24) is 0 Å². The van der Waals surface area contributed by atoms with E-state index in [4.69, 9.17) is 11.6 Å². The molecule has 1 N–H and O–H groups in total. The zero-order chi connectivity index (χ0) is 22.5. The van der Waals surface area contributed by atoms with E-state index in [1.54, 1.807) is 0 Å². The SMILES string of the molecule is C[C@H]1CC2CC(S(=O)(=O)c3cc(C(=O)Nc4ccc(F)c(F)c4)ccc3Cl)CC1C2=O. The van der Waals surface area contributed by atoms with E-state index in [2.05, 4.69) is 5.32 Å². The summed E-state index contributed by atoms with van der Waals surface area (Å²) in [4.78, 5) is 24.7. The van der Waals surface area contributed by atoms with Crippen molar-refractivity contribution in [3.8, 4) is 0 Å². The topological polar surface area (TPSA) is 80.3 Å². The number of amides is 1. The molecular weight excluding hydrogens is 448 g/mol. The van der Waals surface area contributed by atoms with Crippen molar-refractivity contribution < 1.29 is 26.8 Å². The van der Waals surface area contributed by atoms with Crippen molar-refractivity contribution in [2.75, 3.05) is 5.32 Å². The summed E-state index contributed by atoms with van der Waals surface area (Å²) in [5, 5.41) is 1.66. The van der Waals surface area contributed by atoms with Crippen LogP contribution in [0, 0.1) is 29.4 Å². The highest BCUT2D eigenvalue weighted by atomic mass is 35.5. The minimum Gasteiger partial charge on any atom is -0.322 e. The van der Waals surface area contributed by atoms with Crippen LogP contribution in [0.3, 0.4) is 0 Å². The van der Waals surface area contributed by atoms with E-state index in [0.29, 0.717) is 6.42 Å². The fourth-order valence-corrected chi connectivity index (χ4v) is 7.02. The van der Waals surface area contributed by atoms with Crippen molar-refractivity contribution in [3.05, 3.63) is 58.6 Å². The van der Waals surface area contributed by atoms with Crippen molar-refractivity contribution in [3.63, 3.8) is 0 Å². The predicted octanol–water partition coefficient (Wildman–Crippen LogP) is 4.65. The molecule has 2 bridgehead atoms. The molecule has 9 heteroatoms. The number of fused-ring (bicyclic) bond motifs is 2. The molecule has 2 fully saturated rings. The maximum atomic E-state index is 13.4. The van der Waals surface area contributed by atoms with Crippen LogP contribution < -0.4 is 5.32 Å². The van der Waals surface area contributed by atoms with Gasteiger partial charge in [0.25, 0.3) is 5.91 Å². The first-order valence-electron chi connectivity index (χ1n) is 9.91. The number of carbonyl (C=O) groups excluding carboxylic acids is 2. The summed E-state index contributed by atoms with van der Waals surface area (Å²) in [5.41, 5.74) is 0.0375. The third-order valence-corrected chi connectivity index (χ3v) is 8.95. The lowest BCUT2D eigenvalue weighted by Crippen LogP contribution is -2.35. The Hall–Kier alpha value is -2.32. The standard InChI is InChI=1S/C22H20ClF2NO4S/c1-11-6-13-7-15(10-16(11)21(13)27)31(29,30)20-8-12(2-4-17(20)23)22(28)26-14-3-5-18(24)19(25)9-14/h2-5,8-9,11,13,15-16H,6-7,10H2,1H3,(H,26,28)/t11-,13?,15?,16?/m0/s1. The Balaban J connectivity index is 1.60. The van der Waals surface area contributed by atoms with Crippen molar-refractivity contribution in [1.29, 1.82) is 0 Å². The lowest BCUT2D eigenvalue weighted by molar-refractivity contribution is -0.126. The van der Waals surface area contributed by atoms with E-state index in [9.17, 15) is 26.8 Å². The molecule has 0 heterocycles. The van der Waals surface area contributed by atoms with Gasteiger partial charge in [0.15, 0.2) is 21.5 Å². The van der Waals surface area contributed by atoms with Crippen molar-refractivity contribution >= 4 is 38.8 Å². The molecule has 2 saturated carbocycles. The third-order valence-electron chi connectivity index (χ3n) is 6.29. The number of sulfone groups is 1. The molecule has 2 aromatic carbocycles. The molecular formula is C22H20ClF2NO4S. The number of nitrogens with one attached hydrogen (secondary N) is 1. The molecule has 1 amide bonds. The van der Waals surface area contributed by atoms with Gasteiger partial charge >= 0.3 is 0 Å². The van der Waals surface area contributed by atoms with Gasteiger partial charge in [-0.15, -0.1) is 0 Å². The first-order valence-corrected chi connectivity index (χ1v) is 11.8. The molecule has 2 aliphatic carbocycles. The molecule has 2 aromatic rings. The molecule has 164 valence electrons. The molecule has 0 aliphatic heterocycles. The second kappa shape index (κ2) is 7.98. The molecule has 0 radical (unpaired) electrons. The third kappa shape index (κ3) is 3.99. The van der Waals surface area contributed by atoms with Gasteiger partial charge in [0, 0.05) is 29.2 Å². The monoisotopic (exact) mass is 467 g/mol. The number of benzene rings is 2. The molecule has 3 unspecified atom stereocenters. The van der Waals surface area contributed by atoms with Gasteiger partial charge in [0.1, 0.15) is 5.78 Å². The molecule has 2 aliphatic rings. The number of carbonyl (C=O) groups is 2. The van der Waals surface area contributed by atoms with Crippen LogP contribution >= 0.6 is 11.6 Å². The van der Waals surface area contributed by atoms with Crippen molar-refractivity contribution in [2.24, 2.45) is 17.8 Å². The van der Waals surface area contributed by atoms with Gasteiger partial charge in [-0.3, -0.25) is 9.59 Å². The number of ketones is 1. The first-order chi connectivity index (χ1) is 14.6. The summed E-state index contributed by atoms with van der Waals surface area (Å²) in [7, 11) is -3.88. The largest absolute Gasteiger partial charge is 0.322 e. The highest BCUT2D eigenvalue weighted by Crippen LogP contribution is 2.46. The zero-order valence-corrected chi connectivity index (χ0v) is 18.1. The molecule has 5 nitrogen and oxygen atoms in total. The Bertz CT molecular complexity index is 1180. The molecule has 0 spiro atoms. The van der Waals surface area contributed by atoms with Crippen LogP contribution in [0.2, 0.25) is 5.02 Å². The minimum atomic E-state index is -3.88. The van der Waals surface area contributed by atoms with E-state index < -0.39 is 32.6 Å². The average molecular weight is 468 g/mol. The van der Waals surface area contributed by atoms with E-state index in [1.165, 1.54) is 24.3 Å². The van der Waals surface area contributed by atoms with Crippen LogP contribution in [-0.4, -0.2) is 25.4 Å². The second-order valence-electron chi connectivity index (χ2n) is 8.29. The lowest BCUT2D eigenvalue weighted by atomic mass is 9.86. The highest BCUT2D eigenvalue weighted by molar-refractivity contribution is 7.92. The van der Waals surface area contributed by atoms with Crippen LogP contribution in [0.25, 0.3) is 0 Å². The van der Waals surface area contributed by atoms with Crippen LogP contribution in [-0.2, 0) is 14.6 Å². The maximum Gasteiger partial charge on any atom is 0.255 e. The fourth-order valence-electron chi connectivity index (χ4n) is 4.64. The number of rotatable bonds is 4. The minimum absolute atomic E-state index is 0.0101. The van der Waals surface area contributed by atoms with E-state index in [0.717, 1.165) is 12.1 Å². The smallest absolute Gasteiger partial charge is 0.255 e. The summed E-state index contributed by atoms with van der Waals surface area (Å²) < 4.78 is 53.1. The van der Waals surface area contributed by atoms with Crippen molar-refractivity contribution in [2.45, 2.75) is 36.3 Å². The van der Waals surface area contributed by atoms with Gasteiger partial charge in [0.2, 0.25) is 0 Å². The van der Waals surface area contributed by atoms with Crippen LogP contribution in [0.1, 0.15) is 36.5 Å². The Morgan fingerprint density at radius 1 is 1.06 bits per heavy atom. The molecule has 0 saturated heterocycles. The Morgan fingerprint density at radius 2 is 1.81 bits per heavy atom. The normalized spacial score (nSPS) is 25.5. The van der Waals surface area contributed by atoms with Crippen LogP contribution in [0.4, 0.5) is 14.5 Å². The van der Waals surface area contributed by atoms with E-state index in [-0.39, 0.29) is 57.5 Å². The number of Topliss-reactive ketones (excluding diaryl/α,β-unsaturated/α-hetero) is 1. The molecule has 4 atom stereocenters. The van der Waals surface area contributed by atoms with Gasteiger partial charge < -0.3 is 5.32 Å². The number of hydrogen-bond donors (Lipinski definition) is 1. The number of halogens is 3. The maximum absolute atomic E-state index is 13.4. The Morgan fingerprint density at radius 3 is 2.48 bits per heavy atom. The lowest BCUT2D eigenvalue weighted by Gasteiger charge is -2.27. The Labute approximate surface area is 183 Å². The Kier molecular flexibility index (Phi) is 5.64. The van der Waals surface area contributed by atoms with Gasteiger partial charge in [-0.05, 0) is 55.5 Å². The predicted molar refractivity (Wildman–Crippen MR) is 112 cm³/mol. The van der Waals surface area contributed by atoms with Gasteiger partial charge in [-0.2, -0.15) is 0 Å². The summed E-state index contributed by atoms with van der Waals surface area (Å²) in [6, 6.07) is 6.76. The first kappa shape index (κ1) is 21.9. The summed E-state index contributed by atoms with van der Waals surface area (Å²) in [5.74, 6) is -3.08. The highest BCUT2D eigenvalue weighted by Gasteiger charge is 2.49. The summed E-state index contributed by atoms with van der Waals surface area (Å²) in [6.45, 7) is 1.97. The van der Waals surface area contributed by atoms with Gasteiger partial charge in [0.05, 0.1) is 15.2 Å². The molecule has 0 aromatic heterocycles. The van der Waals surface area contributed by atoms with E-state index in [1.807, 2.05) is 6.92 Å². The average Bonchev–Trinajstić information content (AvgIpc) is 2.87. The van der Waals surface area contributed by atoms with Gasteiger partial charge in [-0.1, -0.05) is 18.5 Å². The molecule has 31 heavy (non-hydrogen) atoms. The van der Waals surface area contributed by atoms with Crippen LogP contribution in [0.5, 0.6) is 0 Å². The van der Waals surface area contributed by atoms with E-state index >= 15 is 0 Å². The summed E-state index contributed by atoms with van der Waals surface area (Å²) >= 11 is 6.18. The van der Waals surface area contributed by atoms with Crippen LogP contribution in [0.15, 0.2) is 41.3 Å². The summed E-state index contributed by atoms with van der Waals surface area (Å²) in [6.07, 6.45) is 1.20. The zero-order valence-electron chi connectivity index (χ0n) is 16.6. The second-order valence-corrected chi connectivity index (χ2v) is 10.9. The quantitative estimate of drug-likeness (QED) is 0.709. The van der Waals surface area contributed by atoms with Gasteiger partial charge in [-0.25, -0.2) is 17.2 Å².